The molecule has 0 atom stereocenters. The molecule has 1 aliphatic rings. The highest BCUT2D eigenvalue weighted by Gasteiger charge is 2.37. The van der Waals surface area contributed by atoms with E-state index in [4.69, 9.17) is 0 Å². The van der Waals surface area contributed by atoms with Crippen molar-refractivity contribution in [3.63, 3.8) is 0 Å². The van der Waals surface area contributed by atoms with Crippen LogP contribution in [0.4, 0.5) is 11.4 Å². The fraction of sp³-hybridized carbons (Fsp3) is 0.238. The van der Waals surface area contributed by atoms with Crippen molar-refractivity contribution in [1.29, 1.82) is 0 Å². The largest absolute Gasteiger partial charge is 0.376 e. The normalized spacial score (nSPS) is 16.6. The highest BCUT2D eigenvalue weighted by Crippen LogP contribution is 2.46. The van der Waals surface area contributed by atoms with Crippen LogP contribution in [0.1, 0.15) is 19.4 Å². The van der Waals surface area contributed by atoms with Gasteiger partial charge in [0, 0.05) is 40.2 Å². The van der Waals surface area contributed by atoms with E-state index in [-0.39, 0.29) is 17.9 Å². The van der Waals surface area contributed by atoms with Gasteiger partial charge in [0.2, 0.25) is 0 Å². The Bertz CT molecular complexity index is 887. The van der Waals surface area contributed by atoms with Crippen LogP contribution in [0.15, 0.2) is 69.9 Å². The maximum Gasteiger partial charge on any atom is 0.259 e. The van der Waals surface area contributed by atoms with Crippen molar-refractivity contribution in [3.05, 3.63) is 70.3 Å². The lowest BCUT2D eigenvalue weighted by Gasteiger charge is -2.23. The van der Waals surface area contributed by atoms with Crippen molar-refractivity contribution in [3.8, 4) is 0 Å². The molecule has 140 valence electrons. The number of anilines is 2. The quantitative estimate of drug-likeness (QED) is 0.554. The third-order valence-corrected chi connectivity index (χ3v) is 5.26. The molecule has 0 spiro atoms. The number of allylic oxidation sites excluding steroid dienone is 2. The van der Waals surface area contributed by atoms with Crippen LogP contribution < -0.4 is 15.6 Å². The smallest absolute Gasteiger partial charge is 0.259 e. The van der Waals surface area contributed by atoms with Gasteiger partial charge in [-0.25, -0.2) is 5.43 Å². The average molecular weight is 427 g/mol. The van der Waals surface area contributed by atoms with Crippen LogP contribution >= 0.6 is 15.9 Å². The van der Waals surface area contributed by atoms with Gasteiger partial charge >= 0.3 is 0 Å². The number of nitrogens with one attached hydrogen (secondary N) is 2. The maximum atomic E-state index is 11.9. The molecule has 6 heteroatoms. The summed E-state index contributed by atoms with van der Waals surface area (Å²) < 4.78 is 0.997. The van der Waals surface area contributed by atoms with Gasteiger partial charge < -0.3 is 10.2 Å². The zero-order chi connectivity index (χ0) is 19.4. The SMILES string of the molecule is CN1C(=CC=NNC(=O)CNc2ccc(Br)cc2)C(C)(C)c2ccccc21. The molecule has 0 aromatic heterocycles. The van der Waals surface area contributed by atoms with E-state index in [1.165, 1.54) is 11.3 Å². The first-order valence-corrected chi connectivity index (χ1v) is 9.54. The number of benzene rings is 2. The number of likely N-dealkylation sites (N-methyl/N-ethyl adjacent to an activating group) is 1. The second kappa shape index (κ2) is 7.96. The molecule has 27 heavy (non-hydrogen) atoms. The Morgan fingerprint density at radius 3 is 2.59 bits per heavy atom. The van der Waals surface area contributed by atoms with E-state index in [2.05, 4.69) is 68.7 Å². The van der Waals surface area contributed by atoms with E-state index in [1.807, 2.05) is 43.5 Å². The molecule has 1 amide bonds. The molecule has 1 heterocycles. The molecule has 2 N–H and O–H groups in total. The fourth-order valence-corrected chi connectivity index (χ4v) is 3.57. The van der Waals surface area contributed by atoms with E-state index < -0.39 is 0 Å². The molecular formula is C21H23BrN4O. The summed E-state index contributed by atoms with van der Waals surface area (Å²) in [7, 11) is 2.05. The minimum Gasteiger partial charge on any atom is -0.376 e. The summed E-state index contributed by atoms with van der Waals surface area (Å²) in [5.41, 5.74) is 6.94. The number of hydrogen-bond donors (Lipinski definition) is 2. The summed E-state index contributed by atoms with van der Waals surface area (Å²) >= 11 is 3.38. The first-order valence-electron chi connectivity index (χ1n) is 8.75. The van der Waals surface area contributed by atoms with Gasteiger partial charge in [-0.15, -0.1) is 0 Å². The summed E-state index contributed by atoms with van der Waals surface area (Å²) in [5.74, 6) is -0.199. The minimum absolute atomic E-state index is 0.107. The Morgan fingerprint density at radius 2 is 1.89 bits per heavy atom. The molecule has 0 fully saturated rings. The van der Waals surface area contributed by atoms with Gasteiger partial charge in [0.25, 0.3) is 5.91 Å². The van der Waals surface area contributed by atoms with Gasteiger partial charge in [-0.2, -0.15) is 5.10 Å². The molecule has 0 saturated heterocycles. The Balaban J connectivity index is 1.57. The zero-order valence-corrected chi connectivity index (χ0v) is 17.2. The number of carbonyl (C=O) groups is 1. The third-order valence-electron chi connectivity index (χ3n) is 4.73. The van der Waals surface area contributed by atoms with E-state index >= 15 is 0 Å². The predicted molar refractivity (Wildman–Crippen MR) is 115 cm³/mol. The van der Waals surface area contributed by atoms with Crippen molar-refractivity contribution in [2.75, 3.05) is 23.8 Å². The number of amides is 1. The Morgan fingerprint density at radius 1 is 1.19 bits per heavy atom. The maximum absolute atomic E-state index is 11.9. The lowest BCUT2D eigenvalue weighted by molar-refractivity contribution is -0.119. The number of rotatable bonds is 5. The van der Waals surface area contributed by atoms with Crippen LogP contribution in [0.2, 0.25) is 0 Å². The molecule has 0 radical (unpaired) electrons. The summed E-state index contributed by atoms with van der Waals surface area (Å²) in [6.07, 6.45) is 3.58. The lowest BCUT2D eigenvalue weighted by atomic mass is 9.84. The summed E-state index contributed by atoms with van der Waals surface area (Å²) in [6.45, 7) is 4.54. The third kappa shape index (κ3) is 4.22. The number of para-hydroxylation sites is 1. The van der Waals surface area contributed by atoms with E-state index in [1.54, 1.807) is 6.21 Å². The zero-order valence-electron chi connectivity index (χ0n) is 15.7. The number of carbonyl (C=O) groups excluding carboxylic acids is 1. The van der Waals surface area contributed by atoms with Gasteiger partial charge in [0.15, 0.2) is 0 Å². The van der Waals surface area contributed by atoms with Gasteiger partial charge in [-0.05, 0) is 42.0 Å². The molecule has 3 rings (SSSR count). The number of nitrogens with zero attached hydrogens (tertiary/aromatic N) is 2. The second-order valence-corrected chi connectivity index (χ2v) is 7.84. The number of halogens is 1. The summed E-state index contributed by atoms with van der Waals surface area (Å²) in [6, 6.07) is 16.0. The monoisotopic (exact) mass is 426 g/mol. The van der Waals surface area contributed by atoms with Crippen LogP contribution in [0.25, 0.3) is 0 Å². The molecule has 0 aliphatic carbocycles. The Kier molecular flexibility index (Phi) is 5.65. The van der Waals surface area contributed by atoms with Crippen molar-refractivity contribution < 1.29 is 4.79 Å². The van der Waals surface area contributed by atoms with Crippen LogP contribution in [-0.2, 0) is 10.2 Å². The number of hydrazone groups is 1. The van der Waals surface area contributed by atoms with Gasteiger partial charge in [-0.1, -0.05) is 48.0 Å². The molecule has 2 aromatic carbocycles. The molecular weight excluding hydrogens is 404 g/mol. The summed E-state index contributed by atoms with van der Waals surface area (Å²) in [4.78, 5) is 14.1. The van der Waals surface area contributed by atoms with E-state index in [9.17, 15) is 4.79 Å². The second-order valence-electron chi connectivity index (χ2n) is 6.93. The summed E-state index contributed by atoms with van der Waals surface area (Å²) in [5, 5.41) is 7.10. The Hall–Kier alpha value is -2.60. The van der Waals surface area contributed by atoms with Crippen LogP contribution in [0.5, 0.6) is 0 Å². The van der Waals surface area contributed by atoms with Crippen molar-refractivity contribution >= 4 is 39.4 Å². The standard InChI is InChI=1S/C21H23BrN4O/c1-21(2)17-6-4-5-7-18(17)26(3)19(21)12-13-24-25-20(27)14-23-16-10-8-15(22)9-11-16/h4-13,23H,14H2,1-3H3,(H,25,27). The fourth-order valence-electron chi connectivity index (χ4n) is 3.31. The molecule has 1 aliphatic heterocycles. The number of hydrogen-bond acceptors (Lipinski definition) is 4. The first kappa shape index (κ1) is 19.2. The average Bonchev–Trinajstić information content (AvgIpc) is 2.85. The first-order chi connectivity index (χ1) is 12.9. The topological polar surface area (TPSA) is 56.7 Å². The molecule has 0 unspecified atom stereocenters. The van der Waals surface area contributed by atoms with E-state index in [0.29, 0.717) is 0 Å². The van der Waals surface area contributed by atoms with Crippen molar-refractivity contribution in [1.82, 2.24) is 5.43 Å². The van der Waals surface area contributed by atoms with Gasteiger partial charge in [0.05, 0.1) is 6.54 Å². The highest BCUT2D eigenvalue weighted by atomic mass is 79.9. The molecule has 5 nitrogen and oxygen atoms in total. The predicted octanol–water partition coefficient (Wildman–Crippen LogP) is 4.27. The Labute approximate surface area is 168 Å². The minimum atomic E-state index is -0.199. The van der Waals surface area contributed by atoms with E-state index in [0.717, 1.165) is 15.9 Å². The molecule has 0 bridgehead atoms. The van der Waals surface area contributed by atoms with Crippen molar-refractivity contribution in [2.45, 2.75) is 19.3 Å². The molecule has 2 aromatic rings. The lowest BCUT2D eigenvalue weighted by Crippen LogP contribution is -2.26. The van der Waals surface area contributed by atoms with Gasteiger partial charge in [-0.3, -0.25) is 4.79 Å². The number of fused-ring (bicyclic) bond motifs is 1. The van der Waals surface area contributed by atoms with Crippen LogP contribution in [0, 0.1) is 0 Å². The highest BCUT2D eigenvalue weighted by molar-refractivity contribution is 9.10. The van der Waals surface area contributed by atoms with Crippen molar-refractivity contribution in [2.24, 2.45) is 5.10 Å². The van der Waals surface area contributed by atoms with Gasteiger partial charge in [0.1, 0.15) is 0 Å². The van der Waals surface area contributed by atoms with Crippen LogP contribution in [0.3, 0.4) is 0 Å². The molecule has 0 saturated carbocycles. The van der Waals surface area contributed by atoms with Crippen LogP contribution in [-0.4, -0.2) is 25.7 Å².